The van der Waals surface area contributed by atoms with E-state index >= 15 is 0 Å². The molecule has 0 amide bonds. The molecular weight excluding hydrogens is 384 g/mol. The number of benzene rings is 3. The van der Waals surface area contributed by atoms with Crippen LogP contribution < -0.4 is 4.74 Å². The largest absolute Gasteiger partial charge is 0.497 e. The average Bonchev–Trinajstić information content (AvgIpc) is 3.26. The molecule has 0 aliphatic heterocycles. The summed E-state index contributed by atoms with van der Waals surface area (Å²) >= 11 is 0. The summed E-state index contributed by atoms with van der Waals surface area (Å²) in [5.74, 6) is 0.869. The maximum Gasteiger partial charge on any atom is 0.118 e. The molecule has 4 aromatic rings. The number of unbranched alkanes of at least 4 members (excludes halogenated alkanes) is 1. The highest BCUT2D eigenvalue weighted by Crippen LogP contribution is 2.31. The normalized spacial score (nSPS) is 10.9. The minimum absolute atomic E-state index is 0.627. The highest BCUT2D eigenvalue weighted by molar-refractivity contribution is 5.78. The van der Waals surface area contributed by atoms with E-state index in [0.717, 1.165) is 48.6 Å². The quantitative estimate of drug-likeness (QED) is 0.290. The van der Waals surface area contributed by atoms with Gasteiger partial charge in [0.25, 0.3) is 0 Å². The zero-order valence-electron chi connectivity index (χ0n) is 17.9. The summed E-state index contributed by atoms with van der Waals surface area (Å²) in [5, 5.41) is 0. The molecule has 0 saturated heterocycles. The van der Waals surface area contributed by atoms with E-state index in [1.165, 1.54) is 11.3 Å². The van der Waals surface area contributed by atoms with E-state index in [-0.39, 0.29) is 0 Å². The standard InChI is InChI=1S/C27H28N2O2/c1-30-25-16-14-22(15-17-25)20-31-19-9-8-18-29-21-28-26(23-10-4-2-5-11-23)27(29)24-12-6-3-7-13-24/h2-7,10-17,21H,8-9,18-20H2,1H3. The molecule has 0 fully saturated rings. The van der Waals surface area contributed by atoms with Gasteiger partial charge < -0.3 is 14.0 Å². The van der Waals surface area contributed by atoms with Crippen LogP contribution in [0.25, 0.3) is 22.5 Å². The third-order valence-corrected chi connectivity index (χ3v) is 5.30. The first-order chi connectivity index (χ1) is 15.3. The van der Waals surface area contributed by atoms with Gasteiger partial charge in [-0.05, 0) is 30.5 Å². The minimum atomic E-state index is 0.627. The van der Waals surface area contributed by atoms with E-state index in [9.17, 15) is 0 Å². The molecular formula is C27H28N2O2. The van der Waals surface area contributed by atoms with E-state index in [0.29, 0.717) is 6.61 Å². The number of methoxy groups -OCH3 is 1. The van der Waals surface area contributed by atoms with Crippen LogP contribution in [0.2, 0.25) is 0 Å². The van der Waals surface area contributed by atoms with Crippen LogP contribution in [0.1, 0.15) is 18.4 Å². The molecule has 1 aromatic heterocycles. The summed E-state index contributed by atoms with van der Waals surface area (Å²) in [6.07, 6.45) is 4.00. The monoisotopic (exact) mass is 412 g/mol. The Morgan fingerprint density at radius 3 is 2.13 bits per heavy atom. The molecule has 0 saturated carbocycles. The molecule has 0 N–H and O–H groups in total. The highest BCUT2D eigenvalue weighted by atomic mass is 16.5. The lowest BCUT2D eigenvalue weighted by atomic mass is 10.0. The van der Waals surface area contributed by atoms with Crippen molar-refractivity contribution >= 4 is 0 Å². The second kappa shape index (κ2) is 10.6. The molecule has 0 unspecified atom stereocenters. The van der Waals surface area contributed by atoms with Crippen LogP contribution >= 0.6 is 0 Å². The van der Waals surface area contributed by atoms with Gasteiger partial charge in [0.15, 0.2) is 0 Å². The molecule has 0 aliphatic carbocycles. The van der Waals surface area contributed by atoms with Crippen LogP contribution in [0, 0.1) is 0 Å². The maximum absolute atomic E-state index is 5.85. The fourth-order valence-electron chi connectivity index (χ4n) is 3.66. The number of hydrogen-bond acceptors (Lipinski definition) is 3. The number of ether oxygens (including phenoxy) is 2. The van der Waals surface area contributed by atoms with Crippen molar-refractivity contribution in [3.8, 4) is 28.3 Å². The van der Waals surface area contributed by atoms with Crippen molar-refractivity contribution in [2.24, 2.45) is 0 Å². The Morgan fingerprint density at radius 1 is 0.774 bits per heavy atom. The Kier molecular flexibility index (Phi) is 7.14. The molecule has 1 heterocycles. The van der Waals surface area contributed by atoms with Crippen molar-refractivity contribution in [1.82, 2.24) is 9.55 Å². The van der Waals surface area contributed by atoms with Crippen molar-refractivity contribution in [3.63, 3.8) is 0 Å². The van der Waals surface area contributed by atoms with Gasteiger partial charge in [0.2, 0.25) is 0 Å². The molecule has 0 aliphatic rings. The molecule has 0 atom stereocenters. The number of rotatable bonds is 10. The van der Waals surface area contributed by atoms with Crippen LogP contribution in [0.4, 0.5) is 0 Å². The van der Waals surface area contributed by atoms with Crippen molar-refractivity contribution in [1.29, 1.82) is 0 Å². The first kappa shape index (κ1) is 20.9. The van der Waals surface area contributed by atoms with Gasteiger partial charge in [0, 0.05) is 24.3 Å². The summed E-state index contributed by atoms with van der Waals surface area (Å²) in [5.41, 5.74) is 5.69. The topological polar surface area (TPSA) is 36.3 Å². The molecule has 4 nitrogen and oxygen atoms in total. The van der Waals surface area contributed by atoms with Gasteiger partial charge in [-0.25, -0.2) is 4.98 Å². The Balaban J connectivity index is 1.35. The molecule has 0 radical (unpaired) electrons. The van der Waals surface area contributed by atoms with Crippen LogP contribution in [0.5, 0.6) is 5.75 Å². The fourth-order valence-corrected chi connectivity index (χ4v) is 3.66. The molecule has 4 rings (SSSR count). The second-order valence-corrected chi connectivity index (χ2v) is 7.47. The lowest BCUT2D eigenvalue weighted by Gasteiger charge is -2.11. The third-order valence-electron chi connectivity index (χ3n) is 5.30. The maximum atomic E-state index is 5.85. The number of imidazole rings is 1. The number of aryl methyl sites for hydroxylation is 1. The Labute approximate surface area is 184 Å². The Bertz CT molecular complexity index is 1060. The van der Waals surface area contributed by atoms with E-state index in [4.69, 9.17) is 14.5 Å². The van der Waals surface area contributed by atoms with Crippen LogP contribution in [-0.2, 0) is 17.9 Å². The Morgan fingerprint density at radius 2 is 1.45 bits per heavy atom. The van der Waals surface area contributed by atoms with Gasteiger partial charge >= 0.3 is 0 Å². The number of aromatic nitrogens is 2. The first-order valence-corrected chi connectivity index (χ1v) is 10.7. The number of nitrogens with zero attached hydrogens (tertiary/aromatic N) is 2. The number of hydrogen-bond donors (Lipinski definition) is 0. The molecule has 31 heavy (non-hydrogen) atoms. The van der Waals surface area contributed by atoms with Gasteiger partial charge in [-0.2, -0.15) is 0 Å². The van der Waals surface area contributed by atoms with E-state index in [1.54, 1.807) is 7.11 Å². The van der Waals surface area contributed by atoms with E-state index in [1.807, 2.05) is 42.7 Å². The lowest BCUT2D eigenvalue weighted by molar-refractivity contribution is 0.116. The van der Waals surface area contributed by atoms with Crippen molar-refractivity contribution in [2.75, 3.05) is 13.7 Å². The van der Waals surface area contributed by atoms with Crippen molar-refractivity contribution in [3.05, 3.63) is 96.8 Å². The second-order valence-electron chi connectivity index (χ2n) is 7.47. The first-order valence-electron chi connectivity index (χ1n) is 10.7. The van der Waals surface area contributed by atoms with Gasteiger partial charge in [-0.15, -0.1) is 0 Å². The Hall–Kier alpha value is -3.37. The van der Waals surface area contributed by atoms with Gasteiger partial charge in [0.1, 0.15) is 5.75 Å². The smallest absolute Gasteiger partial charge is 0.118 e. The van der Waals surface area contributed by atoms with Crippen LogP contribution in [-0.4, -0.2) is 23.3 Å². The molecule has 4 heteroatoms. The van der Waals surface area contributed by atoms with E-state index in [2.05, 4.69) is 53.1 Å². The van der Waals surface area contributed by atoms with Crippen LogP contribution in [0.15, 0.2) is 91.3 Å². The predicted molar refractivity (Wildman–Crippen MR) is 125 cm³/mol. The van der Waals surface area contributed by atoms with Gasteiger partial charge in [0.05, 0.1) is 31.4 Å². The zero-order chi connectivity index (χ0) is 21.3. The van der Waals surface area contributed by atoms with Gasteiger partial charge in [-0.1, -0.05) is 72.8 Å². The molecule has 0 spiro atoms. The van der Waals surface area contributed by atoms with Crippen molar-refractivity contribution < 1.29 is 9.47 Å². The zero-order valence-corrected chi connectivity index (χ0v) is 17.9. The van der Waals surface area contributed by atoms with Crippen LogP contribution in [0.3, 0.4) is 0 Å². The predicted octanol–water partition coefficient (Wildman–Crippen LogP) is 6.22. The lowest BCUT2D eigenvalue weighted by Crippen LogP contribution is -2.02. The summed E-state index contributed by atoms with van der Waals surface area (Å²) in [7, 11) is 1.68. The summed E-state index contributed by atoms with van der Waals surface area (Å²) in [6.45, 7) is 2.28. The SMILES string of the molecule is COc1ccc(COCCCCn2cnc(-c3ccccc3)c2-c2ccccc2)cc1. The third kappa shape index (κ3) is 5.41. The summed E-state index contributed by atoms with van der Waals surface area (Å²) in [6, 6.07) is 28.9. The van der Waals surface area contributed by atoms with Gasteiger partial charge in [-0.3, -0.25) is 0 Å². The fraction of sp³-hybridized carbons (Fsp3) is 0.222. The summed E-state index contributed by atoms with van der Waals surface area (Å²) in [4.78, 5) is 4.75. The minimum Gasteiger partial charge on any atom is -0.497 e. The van der Waals surface area contributed by atoms with E-state index < -0.39 is 0 Å². The highest BCUT2D eigenvalue weighted by Gasteiger charge is 2.14. The molecule has 0 bridgehead atoms. The molecule has 158 valence electrons. The van der Waals surface area contributed by atoms with Crippen molar-refractivity contribution in [2.45, 2.75) is 26.0 Å². The summed E-state index contributed by atoms with van der Waals surface area (Å²) < 4.78 is 13.3. The molecule has 3 aromatic carbocycles. The average molecular weight is 413 g/mol.